The molecule has 2 N–H and O–H groups in total. The van der Waals surface area contributed by atoms with Crippen molar-refractivity contribution in [3.05, 3.63) is 34.5 Å². The van der Waals surface area contributed by atoms with Gasteiger partial charge in [0.05, 0.1) is 12.8 Å². The lowest BCUT2D eigenvalue weighted by molar-refractivity contribution is 0.397. The van der Waals surface area contributed by atoms with Gasteiger partial charge in [0.15, 0.2) is 5.82 Å². The van der Waals surface area contributed by atoms with E-state index in [2.05, 4.69) is 25.3 Å². The molecule has 0 radical (unpaired) electrons. The zero-order valence-electron chi connectivity index (χ0n) is 10.8. The zero-order chi connectivity index (χ0) is 13.7. The summed E-state index contributed by atoms with van der Waals surface area (Å²) < 4.78 is 5.02. The molecule has 0 aliphatic carbocycles. The molecule has 7 heteroatoms. The fourth-order valence-electron chi connectivity index (χ4n) is 1.55. The van der Waals surface area contributed by atoms with Crippen LogP contribution in [0.5, 0.6) is 5.88 Å². The molecule has 0 saturated heterocycles. The summed E-state index contributed by atoms with van der Waals surface area (Å²) in [7, 11) is 1.52. The molecule has 2 rings (SSSR count). The van der Waals surface area contributed by atoms with Gasteiger partial charge >= 0.3 is 0 Å². The molecule has 0 saturated carbocycles. The van der Waals surface area contributed by atoms with Crippen LogP contribution in [-0.4, -0.2) is 33.6 Å². The maximum Gasteiger partial charge on any atom is 0.251 e. The molecule has 100 valence electrons. The van der Waals surface area contributed by atoms with Gasteiger partial charge in [-0.3, -0.25) is 4.79 Å². The third-order valence-electron chi connectivity index (χ3n) is 2.44. The Hall–Kier alpha value is -2.28. The van der Waals surface area contributed by atoms with Gasteiger partial charge in [0.1, 0.15) is 12.0 Å². The topological polar surface area (TPSA) is 92.8 Å². The highest BCUT2D eigenvalue weighted by Gasteiger charge is 2.07. The molecule has 2 aromatic heterocycles. The summed E-state index contributed by atoms with van der Waals surface area (Å²) >= 11 is 0. The zero-order valence-corrected chi connectivity index (χ0v) is 10.8. The van der Waals surface area contributed by atoms with Crippen LogP contribution >= 0.6 is 0 Å². The summed E-state index contributed by atoms with van der Waals surface area (Å²) in [4.78, 5) is 26.6. The lowest BCUT2D eigenvalue weighted by atomic mass is 10.3. The smallest absolute Gasteiger partial charge is 0.251 e. The quantitative estimate of drug-likeness (QED) is 0.806. The average Bonchev–Trinajstić information content (AvgIpc) is 2.44. The molecule has 0 amide bonds. The van der Waals surface area contributed by atoms with Crippen LogP contribution in [0.2, 0.25) is 0 Å². The standard InChI is InChI=1S/C12H15N5O2/c1-3-13-6-8-4-10(18)17-12(16-8)9-5-11(19-2)15-7-14-9/h4-5,7,13H,3,6H2,1-2H3,(H,16,17,18). The summed E-state index contributed by atoms with van der Waals surface area (Å²) in [6.07, 6.45) is 1.37. The van der Waals surface area contributed by atoms with Crippen molar-refractivity contribution in [1.29, 1.82) is 0 Å². The van der Waals surface area contributed by atoms with E-state index in [4.69, 9.17) is 4.74 Å². The normalized spacial score (nSPS) is 10.4. The molecule has 0 aliphatic rings. The Morgan fingerprint density at radius 3 is 2.95 bits per heavy atom. The number of hydrogen-bond donors (Lipinski definition) is 2. The van der Waals surface area contributed by atoms with Gasteiger partial charge in [-0.25, -0.2) is 15.0 Å². The maximum atomic E-state index is 11.6. The average molecular weight is 261 g/mol. The second kappa shape index (κ2) is 6.05. The molecule has 0 aromatic carbocycles. The Morgan fingerprint density at radius 1 is 1.37 bits per heavy atom. The highest BCUT2D eigenvalue weighted by atomic mass is 16.5. The molecule has 19 heavy (non-hydrogen) atoms. The number of nitrogens with one attached hydrogen (secondary N) is 2. The second-order valence-corrected chi connectivity index (χ2v) is 3.81. The molecule has 0 aliphatic heterocycles. The van der Waals surface area contributed by atoms with Crippen molar-refractivity contribution in [2.75, 3.05) is 13.7 Å². The first kappa shape index (κ1) is 13.2. The van der Waals surface area contributed by atoms with Crippen molar-refractivity contribution in [3.8, 4) is 17.4 Å². The van der Waals surface area contributed by atoms with Crippen molar-refractivity contribution in [2.45, 2.75) is 13.5 Å². The van der Waals surface area contributed by atoms with Gasteiger partial charge < -0.3 is 15.0 Å². The van der Waals surface area contributed by atoms with Gasteiger partial charge in [0, 0.05) is 18.7 Å². The van der Waals surface area contributed by atoms with Gasteiger partial charge in [-0.05, 0) is 6.54 Å². The number of nitrogens with zero attached hydrogens (tertiary/aromatic N) is 3. The molecule has 0 fully saturated rings. The van der Waals surface area contributed by atoms with Gasteiger partial charge in [-0.1, -0.05) is 6.92 Å². The maximum absolute atomic E-state index is 11.6. The van der Waals surface area contributed by atoms with Gasteiger partial charge in [-0.2, -0.15) is 0 Å². The predicted octanol–water partition coefficient (Wildman–Crippen LogP) is 0.345. The first-order valence-electron chi connectivity index (χ1n) is 5.90. The van der Waals surface area contributed by atoms with Crippen LogP contribution in [0.25, 0.3) is 11.5 Å². The Kier molecular flexibility index (Phi) is 4.19. The van der Waals surface area contributed by atoms with Crippen LogP contribution in [0.1, 0.15) is 12.6 Å². The molecule has 7 nitrogen and oxygen atoms in total. The third-order valence-corrected chi connectivity index (χ3v) is 2.44. The molecule has 0 atom stereocenters. The van der Waals surface area contributed by atoms with E-state index in [1.165, 1.54) is 19.5 Å². The van der Waals surface area contributed by atoms with E-state index in [9.17, 15) is 4.79 Å². The Labute approximate surface area is 110 Å². The van der Waals surface area contributed by atoms with E-state index < -0.39 is 0 Å². The van der Waals surface area contributed by atoms with E-state index in [1.807, 2.05) is 6.92 Å². The van der Waals surface area contributed by atoms with Gasteiger partial charge in [-0.15, -0.1) is 0 Å². The molecular formula is C12H15N5O2. The molecular weight excluding hydrogens is 246 g/mol. The Bertz CT molecular complexity index is 611. The minimum atomic E-state index is -0.213. The fourth-order valence-corrected chi connectivity index (χ4v) is 1.55. The molecule has 0 bridgehead atoms. The highest BCUT2D eigenvalue weighted by molar-refractivity contribution is 5.49. The Morgan fingerprint density at radius 2 is 2.21 bits per heavy atom. The summed E-state index contributed by atoms with van der Waals surface area (Å²) in [6, 6.07) is 3.08. The predicted molar refractivity (Wildman–Crippen MR) is 69.8 cm³/mol. The van der Waals surface area contributed by atoms with Crippen molar-refractivity contribution in [2.24, 2.45) is 0 Å². The molecule has 2 aromatic rings. The van der Waals surface area contributed by atoms with Crippen LogP contribution in [0.4, 0.5) is 0 Å². The first-order valence-corrected chi connectivity index (χ1v) is 5.90. The van der Waals surface area contributed by atoms with Gasteiger partial charge in [0.25, 0.3) is 5.56 Å². The van der Waals surface area contributed by atoms with Crippen LogP contribution in [0.15, 0.2) is 23.3 Å². The molecule has 0 unspecified atom stereocenters. The van der Waals surface area contributed by atoms with E-state index >= 15 is 0 Å². The van der Waals surface area contributed by atoms with Crippen molar-refractivity contribution >= 4 is 0 Å². The highest BCUT2D eigenvalue weighted by Crippen LogP contribution is 2.14. The van der Waals surface area contributed by atoms with Crippen molar-refractivity contribution in [3.63, 3.8) is 0 Å². The number of hydrogen-bond acceptors (Lipinski definition) is 6. The number of aromatic nitrogens is 4. The van der Waals surface area contributed by atoms with Crippen LogP contribution in [0, 0.1) is 0 Å². The summed E-state index contributed by atoms with van der Waals surface area (Å²) in [5.74, 6) is 0.825. The number of rotatable bonds is 5. The number of methoxy groups -OCH3 is 1. The van der Waals surface area contributed by atoms with Crippen LogP contribution in [0.3, 0.4) is 0 Å². The number of H-pyrrole nitrogens is 1. The first-order chi connectivity index (χ1) is 9.22. The summed E-state index contributed by atoms with van der Waals surface area (Å²) in [5, 5.41) is 3.12. The summed E-state index contributed by atoms with van der Waals surface area (Å²) in [5.41, 5.74) is 0.968. The minimum absolute atomic E-state index is 0.213. The monoisotopic (exact) mass is 261 g/mol. The number of ether oxygens (including phenoxy) is 1. The molecule has 2 heterocycles. The van der Waals surface area contributed by atoms with E-state index in [-0.39, 0.29) is 5.56 Å². The minimum Gasteiger partial charge on any atom is -0.481 e. The second-order valence-electron chi connectivity index (χ2n) is 3.81. The largest absolute Gasteiger partial charge is 0.481 e. The van der Waals surface area contributed by atoms with Crippen LogP contribution < -0.4 is 15.6 Å². The van der Waals surface area contributed by atoms with E-state index in [1.54, 1.807) is 6.07 Å². The SMILES string of the molecule is CCNCc1cc(=O)[nH]c(-c2cc(OC)ncn2)n1. The van der Waals surface area contributed by atoms with Crippen molar-refractivity contribution in [1.82, 2.24) is 25.3 Å². The summed E-state index contributed by atoms with van der Waals surface area (Å²) in [6.45, 7) is 3.34. The lowest BCUT2D eigenvalue weighted by Crippen LogP contribution is -2.17. The third kappa shape index (κ3) is 3.35. The molecule has 0 spiro atoms. The number of aromatic amines is 1. The van der Waals surface area contributed by atoms with Crippen molar-refractivity contribution < 1.29 is 4.74 Å². The fraction of sp³-hybridized carbons (Fsp3) is 0.333. The van der Waals surface area contributed by atoms with E-state index in [0.717, 1.165) is 6.54 Å². The van der Waals surface area contributed by atoms with Gasteiger partial charge in [0.2, 0.25) is 5.88 Å². The Balaban J connectivity index is 2.37. The van der Waals surface area contributed by atoms with Crippen LogP contribution in [-0.2, 0) is 6.54 Å². The van der Waals surface area contributed by atoms with E-state index in [0.29, 0.717) is 29.6 Å². The lowest BCUT2D eigenvalue weighted by Gasteiger charge is -2.05.